The Morgan fingerprint density at radius 1 is 0.406 bits per heavy atom. The minimum Gasteiger partial charge on any atom is -0.480 e. The lowest BCUT2D eigenvalue weighted by atomic mass is 9.86. The zero-order chi connectivity index (χ0) is 102. The van der Waals surface area contributed by atoms with Gasteiger partial charge in [0.15, 0.2) is 0 Å². The van der Waals surface area contributed by atoms with Gasteiger partial charge in [-0.1, -0.05) is 90.1 Å². The van der Waals surface area contributed by atoms with Crippen molar-refractivity contribution in [3.8, 4) is 0 Å². The number of benzene rings is 2. The fourth-order valence-electron chi connectivity index (χ4n) is 14.0. The monoisotopic (exact) mass is 1920 g/mol. The minimum absolute atomic E-state index is 0.000836. The van der Waals surface area contributed by atoms with Crippen LogP contribution >= 0.6 is 7.60 Å². The Balaban J connectivity index is 0. The summed E-state index contributed by atoms with van der Waals surface area (Å²) in [5.41, 5.74) is 4.41. The van der Waals surface area contributed by atoms with Gasteiger partial charge in [-0.05, 0) is 92.9 Å². The maximum atomic E-state index is 11.7. The van der Waals surface area contributed by atoms with Crippen molar-refractivity contribution in [2.45, 2.75) is 97.7 Å². The van der Waals surface area contributed by atoms with E-state index in [1.807, 2.05) is 48.8 Å². The van der Waals surface area contributed by atoms with Gasteiger partial charge < -0.3 is 95.2 Å². The second kappa shape index (κ2) is 68.4. The van der Waals surface area contributed by atoms with E-state index in [9.17, 15) is 122 Å². The molecule has 4 rings (SSSR count). The van der Waals surface area contributed by atoms with Gasteiger partial charge in [0.1, 0.15) is 25.1 Å². The molecule has 2 heterocycles. The number of hydrogen-bond donors (Lipinski definition) is 14. The van der Waals surface area contributed by atoms with Crippen LogP contribution in [0.3, 0.4) is 0 Å². The van der Waals surface area contributed by atoms with Crippen molar-refractivity contribution in [3.05, 3.63) is 70.8 Å². The lowest BCUT2D eigenvalue weighted by molar-refractivity contribution is -0.193. The van der Waals surface area contributed by atoms with E-state index in [-0.39, 0.29) is 107 Å². The first kappa shape index (κ1) is 124. The Bertz CT molecular complexity index is 3880. The molecular weight excluding hydrogens is 1780 g/mol. The normalized spacial score (nSPS) is 15.9. The van der Waals surface area contributed by atoms with Crippen molar-refractivity contribution in [3.63, 3.8) is 0 Å². The molecule has 0 aromatic heterocycles. The number of likely N-dealkylation sites (N-methyl/N-ethyl adjacent to an activating group) is 2. The molecule has 0 aliphatic carbocycles. The second-order valence-corrected chi connectivity index (χ2v) is 35.8. The number of aliphatic carboxylic acids is 12. The highest BCUT2D eigenvalue weighted by atomic mass is 31.2. The molecule has 2 aromatic carbocycles. The number of carbonyl (C=O) groups excluding carboxylic acids is 7. The van der Waals surface area contributed by atoms with Crippen molar-refractivity contribution >= 4 is 110 Å². The summed E-state index contributed by atoms with van der Waals surface area (Å²) < 4.78 is 11.4. The molecule has 2 aliphatic heterocycles. The summed E-state index contributed by atoms with van der Waals surface area (Å²) in [6.45, 7) is 18.9. The van der Waals surface area contributed by atoms with Crippen LogP contribution in [0.4, 0.5) is 0 Å². The lowest BCUT2D eigenvalue weighted by Crippen LogP contribution is -2.53. The summed E-state index contributed by atoms with van der Waals surface area (Å²) >= 11 is 0. The van der Waals surface area contributed by atoms with Crippen LogP contribution < -0.4 is 0 Å². The van der Waals surface area contributed by atoms with Gasteiger partial charge >= 0.3 is 91.5 Å². The third-order valence-electron chi connectivity index (χ3n) is 20.3. The number of carboxylic acids is 12. The van der Waals surface area contributed by atoms with E-state index < -0.39 is 157 Å². The number of aldehydes is 3. The first-order valence-electron chi connectivity index (χ1n) is 42.3. The molecule has 2 saturated heterocycles. The van der Waals surface area contributed by atoms with E-state index in [2.05, 4.69) is 89.7 Å². The van der Waals surface area contributed by atoms with Crippen LogP contribution in [0.5, 0.6) is 0 Å². The molecule has 0 saturated carbocycles. The van der Waals surface area contributed by atoms with E-state index in [0.717, 1.165) is 84.4 Å². The number of carbonyl (C=O) groups is 15. The van der Waals surface area contributed by atoms with E-state index in [1.54, 1.807) is 11.8 Å². The average molecular weight is 1920 g/mol. The SMILES string of the molecule is CC(CN(CC(=O)O)C[C@H](Cc1ccc(CC(C)(C)C)cc1)N(CC(=O)O)CC(=O)O)N(CC(=O)O)CC(=O)O.CN1CCN(C)CCN(CC(=O)O)C(Cc2ccc(C(C)(C)C)cc2)CN(CC(=O)O)CC1.O=C(O)CN(CCN(CC(=O)O)CC(=O)O)CCN(CC(=O)O)CC(=O)O.O=C=O.O=C=O.O=CCN1CCCN(CC=O)CCN(CP(=O)(O)O)CCN(CC=O)CC1. The van der Waals surface area contributed by atoms with Crippen LogP contribution in [0.15, 0.2) is 48.5 Å². The van der Waals surface area contributed by atoms with E-state index in [0.29, 0.717) is 85.0 Å². The fraction of sp³-hybridized carbons (Fsp3) is 0.655. The van der Waals surface area contributed by atoms with Crippen molar-refractivity contribution in [1.29, 1.82) is 0 Å². The fourth-order valence-corrected chi connectivity index (χ4v) is 14.8. The van der Waals surface area contributed by atoms with Crippen LogP contribution in [0.2, 0.25) is 0 Å². The molecule has 48 nitrogen and oxygen atoms in total. The molecule has 2 fully saturated rings. The Hall–Kier alpha value is -10.6. The highest BCUT2D eigenvalue weighted by molar-refractivity contribution is 7.51. The Morgan fingerprint density at radius 2 is 0.729 bits per heavy atom. The van der Waals surface area contributed by atoms with Crippen LogP contribution in [0, 0.1) is 5.41 Å². The Morgan fingerprint density at radius 3 is 1.09 bits per heavy atom. The molecule has 2 aliphatic rings. The van der Waals surface area contributed by atoms with Crippen molar-refractivity contribution < 1.29 is 167 Å². The van der Waals surface area contributed by atoms with Gasteiger partial charge in [-0.15, -0.1) is 0 Å². The maximum absolute atomic E-state index is 11.7. The van der Waals surface area contributed by atoms with Gasteiger partial charge in [0.2, 0.25) is 0 Å². The molecule has 752 valence electrons. The summed E-state index contributed by atoms with van der Waals surface area (Å²) in [5, 5.41) is 110. The molecule has 3 atom stereocenters. The highest BCUT2D eigenvalue weighted by Gasteiger charge is 2.32. The van der Waals surface area contributed by atoms with Crippen LogP contribution in [0.1, 0.15) is 77.1 Å². The van der Waals surface area contributed by atoms with Gasteiger partial charge in [0.05, 0.1) is 98.2 Å². The number of rotatable bonds is 49. The summed E-state index contributed by atoms with van der Waals surface area (Å²) in [6.07, 6.45) is 5.12. The first-order valence-corrected chi connectivity index (χ1v) is 44.1. The van der Waals surface area contributed by atoms with E-state index >= 15 is 0 Å². The highest BCUT2D eigenvalue weighted by Crippen LogP contribution is 2.35. The van der Waals surface area contributed by atoms with Gasteiger partial charge in [-0.2, -0.15) is 19.2 Å². The largest absolute Gasteiger partial charge is 0.480 e. The minimum atomic E-state index is -4.21. The van der Waals surface area contributed by atoms with Gasteiger partial charge in [-0.3, -0.25) is 121 Å². The first-order chi connectivity index (χ1) is 62.1. The topological polar surface area (TPSA) is 670 Å². The smallest absolute Gasteiger partial charge is 0.373 e. The molecule has 133 heavy (non-hydrogen) atoms. The van der Waals surface area contributed by atoms with Gasteiger partial charge in [0, 0.05) is 142 Å². The molecule has 0 amide bonds. The third-order valence-corrected chi connectivity index (χ3v) is 21.0. The summed E-state index contributed by atoms with van der Waals surface area (Å²) in [7, 11) is -0.0831. The molecule has 2 unspecified atom stereocenters. The summed E-state index contributed by atoms with van der Waals surface area (Å²) in [4.78, 5) is 242. The molecule has 0 radical (unpaired) electrons. The Labute approximate surface area is 772 Å². The van der Waals surface area contributed by atoms with Crippen molar-refractivity contribution in [2.24, 2.45) is 5.41 Å². The predicted molar refractivity (Wildman–Crippen MR) is 473 cm³/mol. The molecule has 0 bridgehead atoms. The molecule has 49 heteroatoms. The van der Waals surface area contributed by atoms with E-state index in [4.69, 9.17) is 44.7 Å². The Kier molecular flexibility index (Phi) is 64.1. The van der Waals surface area contributed by atoms with Gasteiger partial charge in [0.25, 0.3) is 0 Å². The zero-order valence-corrected chi connectivity index (χ0v) is 78.1. The van der Waals surface area contributed by atoms with Crippen LogP contribution in [-0.2, 0) is 120 Å². The molecule has 14 N–H and O–H groups in total. The quantitative estimate of drug-likeness (QED) is 0.0231. The average Bonchev–Trinajstić information content (AvgIpc) is 0.897. The third kappa shape index (κ3) is 67.3. The standard InChI is InChI=1S/C27H41N3O10.C25H42N4O4.C16H31N4O6P.C14H23N3O10.2CO2/c1-18(29(14-23(33)34)15-24(35)36)11-28(13-22(31)32)12-21(30(16-25(37)38)17-26(39)40)9-19-5-7-20(8-6-19)10-27(2,3)4;1-25(2,3)21-8-6-20(7-9-21)16-22-17-28(18-23(30)31)14-12-26(4)10-11-27(5)13-15-29(22)19-24(32)33;21-13-10-17-2-1-3-18(11-14-22)6-8-20(16-27(24,25)26)9-7-19(5-4-17)12-15-23;18-10(19)5-15(1-3-16(6-11(20)21)7-12(22)23)2-4-17(8-13(24)25)9-14(26)27;2*2-1-3/h5-8,18,21H,9-17H2,1-4H3,(H,31,32)(H,33,34)(H,35,36)(H,37,38)(H,39,40);6-9,22H,10-19H2,1-5H3,(H,30,31)(H,32,33);13-15H,1-12,16H2,(H2,24,25,26);1-9H2,(H,18,19)(H,20,21)(H,22,23)(H,24,25)(H,26,27);;/t18?,21-;;;;;/m0...../s1. The van der Waals surface area contributed by atoms with Crippen molar-refractivity contribution in [1.82, 2.24) is 68.6 Å². The number of carboxylic acid groups (broad SMARTS) is 12. The summed E-state index contributed by atoms with van der Waals surface area (Å²) in [5.74, 6) is -14.1. The van der Waals surface area contributed by atoms with Crippen LogP contribution in [0.25, 0.3) is 0 Å². The molecular formula is C84H137N14O34P. The zero-order valence-electron chi connectivity index (χ0n) is 77.2. The molecule has 0 spiro atoms. The van der Waals surface area contributed by atoms with Crippen molar-refractivity contribution in [2.75, 3.05) is 256 Å². The summed E-state index contributed by atoms with van der Waals surface area (Å²) in [6, 6.07) is 14.6. The van der Waals surface area contributed by atoms with E-state index in [1.165, 1.54) is 25.2 Å². The number of nitrogens with zero attached hydrogens (tertiary/aromatic N) is 14. The second-order valence-electron chi connectivity index (χ2n) is 34.2. The maximum Gasteiger partial charge on any atom is 0.373 e. The predicted octanol–water partition coefficient (Wildman–Crippen LogP) is -3.07. The van der Waals surface area contributed by atoms with Gasteiger partial charge in [-0.25, -0.2) is 0 Å². The van der Waals surface area contributed by atoms with Crippen LogP contribution in [-0.4, -0.2) is 517 Å². The molecule has 2 aromatic rings. The number of hydrogen-bond acceptors (Lipinski definition) is 34. The lowest BCUT2D eigenvalue weighted by Gasteiger charge is -2.37.